The summed E-state index contributed by atoms with van der Waals surface area (Å²) < 4.78 is 4.84. The van der Waals surface area contributed by atoms with Gasteiger partial charge in [0.1, 0.15) is 0 Å². The van der Waals surface area contributed by atoms with Crippen molar-refractivity contribution in [2.24, 2.45) is 0 Å². The van der Waals surface area contributed by atoms with Crippen LogP contribution in [0, 0.1) is 0 Å². The zero-order valence-electron chi connectivity index (χ0n) is 19.4. The van der Waals surface area contributed by atoms with Crippen molar-refractivity contribution < 1.29 is 14.3 Å². The second-order valence-electron chi connectivity index (χ2n) is 8.90. The number of methoxy groups -OCH3 is 1. The molecule has 3 aromatic rings. The fourth-order valence-electron chi connectivity index (χ4n) is 5.08. The minimum absolute atomic E-state index is 0.104. The van der Waals surface area contributed by atoms with E-state index in [-0.39, 0.29) is 12.0 Å². The van der Waals surface area contributed by atoms with Crippen molar-refractivity contribution in [2.45, 2.75) is 18.9 Å². The number of fused-ring (bicyclic) bond motifs is 1. The van der Waals surface area contributed by atoms with Gasteiger partial charge in [-0.1, -0.05) is 54.6 Å². The second-order valence-corrected chi connectivity index (χ2v) is 8.90. The van der Waals surface area contributed by atoms with Gasteiger partial charge in [-0.2, -0.15) is 0 Å². The van der Waals surface area contributed by atoms with Crippen LogP contribution in [0.5, 0.6) is 0 Å². The zero-order valence-corrected chi connectivity index (χ0v) is 19.4. The predicted octanol–water partition coefficient (Wildman–Crippen LogP) is 4.46. The Kier molecular flexibility index (Phi) is 6.32. The molecular weight excluding hydrogens is 426 g/mol. The van der Waals surface area contributed by atoms with Crippen molar-refractivity contribution in [3.63, 3.8) is 0 Å². The van der Waals surface area contributed by atoms with Gasteiger partial charge in [0.2, 0.25) is 0 Å². The molecule has 1 N–H and O–H groups in total. The summed E-state index contributed by atoms with van der Waals surface area (Å²) >= 11 is 0. The van der Waals surface area contributed by atoms with E-state index in [4.69, 9.17) is 4.74 Å². The number of piperazine rings is 1. The largest absolute Gasteiger partial charge is 0.453 e. The molecule has 1 unspecified atom stereocenters. The number of ether oxygens (including phenoxy) is 1. The smallest absolute Gasteiger partial charge is 0.409 e. The first-order chi connectivity index (χ1) is 16.6. The van der Waals surface area contributed by atoms with Crippen molar-refractivity contribution in [3.8, 4) is 11.1 Å². The quantitative estimate of drug-likeness (QED) is 0.631. The van der Waals surface area contributed by atoms with Gasteiger partial charge in [-0.25, -0.2) is 4.79 Å². The maximum absolute atomic E-state index is 13.2. The summed E-state index contributed by atoms with van der Waals surface area (Å²) in [5.41, 5.74) is 6.06. The first kappa shape index (κ1) is 22.2. The van der Waals surface area contributed by atoms with Gasteiger partial charge in [-0.05, 0) is 53.3 Å². The Labute approximate surface area is 200 Å². The summed E-state index contributed by atoms with van der Waals surface area (Å²) in [6, 6.07) is 24.4. The Morgan fingerprint density at radius 1 is 0.853 bits per heavy atom. The van der Waals surface area contributed by atoms with E-state index in [2.05, 4.69) is 22.3 Å². The zero-order chi connectivity index (χ0) is 23.5. The number of hydrogen-bond acceptors (Lipinski definition) is 4. The average Bonchev–Trinajstić information content (AvgIpc) is 3.32. The highest BCUT2D eigenvalue weighted by Crippen LogP contribution is 2.30. The van der Waals surface area contributed by atoms with Crippen LogP contribution in [0.2, 0.25) is 0 Å². The minimum Gasteiger partial charge on any atom is -0.453 e. The maximum Gasteiger partial charge on any atom is 0.409 e. The summed E-state index contributed by atoms with van der Waals surface area (Å²) in [7, 11) is 1.43. The monoisotopic (exact) mass is 455 g/mol. The SMILES string of the molecule is COC(=O)N1CCN(C2Cc3ccc(NC(=O)c4ccccc4-c4ccccc4)cc3C2)CC1. The Morgan fingerprint density at radius 2 is 1.56 bits per heavy atom. The van der Waals surface area contributed by atoms with E-state index in [0.29, 0.717) is 24.7 Å². The standard InChI is InChI=1S/C28H29N3O3/c1-34-28(33)31-15-13-30(14-16-31)24-18-21-11-12-23(17-22(21)19-24)29-27(32)26-10-6-5-9-25(26)20-7-3-2-4-8-20/h2-12,17,24H,13-16,18-19H2,1H3,(H,29,32). The van der Waals surface area contributed by atoms with E-state index in [1.54, 1.807) is 4.90 Å². The number of carbonyl (C=O) groups is 2. The summed E-state index contributed by atoms with van der Waals surface area (Å²) in [6.07, 6.45) is 1.71. The van der Waals surface area contributed by atoms with Gasteiger partial charge in [0, 0.05) is 43.5 Å². The lowest BCUT2D eigenvalue weighted by Crippen LogP contribution is -2.52. The summed E-state index contributed by atoms with van der Waals surface area (Å²) in [5.74, 6) is -0.104. The number of benzene rings is 3. The van der Waals surface area contributed by atoms with Gasteiger partial charge in [0.15, 0.2) is 0 Å². The van der Waals surface area contributed by atoms with Crippen LogP contribution in [0.1, 0.15) is 21.5 Å². The molecule has 3 aromatic carbocycles. The molecule has 34 heavy (non-hydrogen) atoms. The molecule has 0 saturated carbocycles. The van der Waals surface area contributed by atoms with E-state index in [9.17, 15) is 9.59 Å². The van der Waals surface area contributed by atoms with E-state index in [0.717, 1.165) is 42.7 Å². The first-order valence-corrected chi connectivity index (χ1v) is 11.8. The van der Waals surface area contributed by atoms with E-state index in [1.807, 2.05) is 60.7 Å². The van der Waals surface area contributed by atoms with Gasteiger partial charge in [0.25, 0.3) is 5.91 Å². The number of nitrogens with one attached hydrogen (secondary N) is 1. The molecular formula is C28H29N3O3. The molecule has 174 valence electrons. The fourth-order valence-corrected chi connectivity index (χ4v) is 5.08. The summed E-state index contributed by atoms with van der Waals surface area (Å²) in [5, 5.41) is 3.11. The molecule has 6 heteroatoms. The van der Waals surface area contributed by atoms with Gasteiger partial charge in [0.05, 0.1) is 7.11 Å². The average molecular weight is 456 g/mol. The van der Waals surface area contributed by atoms with Gasteiger partial charge >= 0.3 is 6.09 Å². The molecule has 1 fully saturated rings. The Hall–Kier alpha value is -3.64. The molecule has 6 nitrogen and oxygen atoms in total. The number of amides is 2. The number of anilines is 1. The molecule has 0 aromatic heterocycles. The highest BCUT2D eigenvalue weighted by Gasteiger charge is 2.31. The first-order valence-electron chi connectivity index (χ1n) is 11.8. The van der Waals surface area contributed by atoms with Crippen molar-refractivity contribution in [2.75, 3.05) is 38.6 Å². The Balaban J connectivity index is 1.25. The molecule has 5 rings (SSSR count). The van der Waals surface area contributed by atoms with Gasteiger partial charge < -0.3 is 15.0 Å². The molecule has 2 amide bonds. The van der Waals surface area contributed by atoms with Crippen LogP contribution in [-0.4, -0.2) is 61.1 Å². The normalized spacial score (nSPS) is 17.8. The molecule has 0 bridgehead atoms. The lowest BCUT2D eigenvalue weighted by molar-refractivity contribution is 0.0763. The Morgan fingerprint density at radius 3 is 2.32 bits per heavy atom. The highest BCUT2D eigenvalue weighted by molar-refractivity contribution is 6.08. The van der Waals surface area contributed by atoms with Gasteiger partial charge in [-0.15, -0.1) is 0 Å². The lowest BCUT2D eigenvalue weighted by atomic mass is 9.99. The third-order valence-electron chi connectivity index (χ3n) is 6.90. The molecule has 1 aliphatic carbocycles. The summed E-state index contributed by atoms with van der Waals surface area (Å²) in [6.45, 7) is 3.10. The number of nitrogens with zero attached hydrogens (tertiary/aromatic N) is 2. The molecule has 1 aliphatic heterocycles. The van der Waals surface area contributed by atoms with Crippen molar-refractivity contribution >= 4 is 17.7 Å². The third-order valence-corrected chi connectivity index (χ3v) is 6.90. The van der Waals surface area contributed by atoms with Crippen LogP contribution < -0.4 is 5.32 Å². The topological polar surface area (TPSA) is 61.9 Å². The molecule has 0 radical (unpaired) electrons. The highest BCUT2D eigenvalue weighted by atomic mass is 16.5. The van der Waals surface area contributed by atoms with Crippen LogP contribution in [-0.2, 0) is 17.6 Å². The predicted molar refractivity (Wildman–Crippen MR) is 133 cm³/mol. The third kappa shape index (κ3) is 4.54. The minimum atomic E-state index is -0.247. The number of carbonyl (C=O) groups excluding carboxylic acids is 2. The van der Waals surface area contributed by atoms with E-state index < -0.39 is 0 Å². The fraction of sp³-hybridized carbons (Fsp3) is 0.286. The molecule has 1 atom stereocenters. The lowest BCUT2D eigenvalue weighted by Gasteiger charge is -2.37. The molecule has 1 saturated heterocycles. The second kappa shape index (κ2) is 9.69. The Bertz CT molecular complexity index is 1190. The number of hydrogen-bond donors (Lipinski definition) is 1. The van der Waals surface area contributed by atoms with E-state index in [1.165, 1.54) is 18.2 Å². The van der Waals surface area contributed by atoms with Gasteiger partial charge in [-0.3, -0.25) is 9.69 Å². The van der Waals surface area contributed by atoms with Crippen LogP contribution in [0.25, 0.3) is 11.1 Å². The van der Waals surface area contributed by atoms with Crippen LogP contribution >= 0.6 is 0 Å². The van der Waals surface area contributed by atoms with E-state index >= 15 is 0 Å². The molecule has 2 aliphatic rings. The van der Waals surface area contributed by atoms with Crippen molar-refractivity contribution in [3.05, 3.63) is 89.5 Å². The molecule has 0 spiro atoms. The maximum atomic E-state index is 13.2. The van der Waals surface area contributed by atoms with Crippen molar-refractivity contribution in [1.82, 2.24) is 9.80 Å². The summed E-state index contributed by atoms with van der Waals surface area (Å²) in [4.78, 5) is 29.2. The number of rotatable bonds is 4. The van der Waals surface area contributed by atoms with Crippen LogP contribution in [0.3, 0.4) is 0 Å². The van der Waals surface area contributed by atoms with Crippen LogP contribution in [0.15, 0.2) is 72.8 Å². The molecule has 1 heterocycles. The van der Waals surface area contributed by atoms with Crippen LogP contribution in [0.4, 0.5) is 10.5 Å². The van der Waals surface area contributed by atoms with Crippen molar-refractivity contribution in [1.29, 1.82) is 0 Å².